The van der Waals surface area contributed by atoms with E-state index < -0.39 is 18.0 Å². The Morgan fingerprint density at radius 3 is 1.82 bits per heavy atom. The third kappa shape index (κ3) is 12.5. The number of carbonyl (C=O) groups excluding carboxylic acids is 3. The summed E-state index contributed by atoms with van der Waals surface area (Å²) < 4.78 is 38.8. The zero-order chi connectivity index (χ0) is 32.4. The molecule has 1 fully saturated rings. The van der Waals surface area contributed by atoms with Gasteiger partial charge >= 0.3 is 17.9 Å². The molecule has 0 aliphatic heterocycles. The predicted octanol–water partition coefficient (Wildman–Crippen LogP) is 6.01. The number of benzene rings is 2. The first-order valence-electron chi connectivity index (χ1n) is 14.9. The van der Waals surface area contributed by atoms with Gasteiger partial charge in [0, 0.05) is 12.7 Å². The second kappa shape index (κ2) is 19.0. The van der Waals surface area contributed by atoms with E-state index in [0.29, 0.717) is 80.1 Å². The fourth-order valence-electron chi connectivity index (χ4n) is 4.44. The Hall–Kier alpha value is -4.57. The van der Waals surface area contributed by atoms with Crippen molar-refractivity contribution < 1.29 is 47.5 Å². The number of ether oxygens (including phenoxy) is 7. The van der Waals surface area contributed by atoms with E-state index in [1.807, 2.05) is 0 Å². The molecule has 2 aromatic carbocycles. The van der Waals surface area contributed by atoms with Crippen LogP contribution in [0.3, 0.4) is 0 Å². The first-order valence-corrected chi connectivity index (χ1v) is 14.9. The molecule has 0 amide bonds. The molecule has 1 aliphatic carbocycles. The van der Waals surface area contributed by atoms with E-state index in [4.69, 9.17) is 33.2 Å². The fraction of sp³-hybridized carbons (Fsp3) is 0.400. The van der Waals surface area contributed by atoms with Crippen molar-refractivity contribution in [1.82, 2.24) is 0 Å². The lowest BCUT2D eigenvalue weighted by atomic mass is 9.95. The number of esters is 3. The Kier molecular flexibility index (Phi) is 14.7. The van der Waals surface area contributed by atoms with Gasteiger partial charge in [0.15, 0.2) is 6.10 Å². The molecule has 1 saturated carbocycles. The third-order valence-corrected chi connectivity index (χ3v) is 6.96. The summed E-state index contributed by atoms with van der Waals surface area (Å²) >= 11 is 0. The highest BCUT2D eigenvalue weighted by molar-refractivity contribution is 5.90. The summed E-state index contributed by atoms with van der Waals surface area (Å²) in [5.74, 6) is 0.369. The quantitative estimate of drug-likeness (QED) is 0.0461. The van der Waals surface area contributed by atoms with Gasteiger partial charge in [-0.3, -0.25) is 0 Å². The van der Waals surface area contributed by atoms with Crippen molar-refractivity contribution in [3.05, 3.63) is 97.3 Å². The molecule has 1 atom stereocenters. The second-order valence-electron chi connectivity index (χ2n) is 10.3. The lowest BCUT2D eigenvalue weighted by Crippen LogP contribution is -2.29. The highest BCUT2D eigenvalue weighted by Gasteiger charge is 2.27. The first-order chi connectivity index (χ1) is 21.8. The number of rotatable bonds is 19. The standard InChI is InChI=1S/C35H42O10/c1-5-25(3)43-32(23-40-21-7-8-22-41-33(36)6-2)24-42-29-15-11-27(12-16-29)35(38)45-31-19-17-30(18-20-31)44-34(37)26-9-13-28(39-4)14-10-26/h5-6,9-16,30-32H,1-3,7-8,17-24H2,4H3. The van der Waals surface area contributed by atoms with Gasteiger partial charge in [-0.05, 0) is 93.1 Å². The van der Waals surface area contributed by atoms with Gasteiger partial charge in [0.05, 0.1) is 31.5 Å². The molecule has 242 valence electrons. The van der Waals surface area contributed by atoms with Crippen LogP contribution in [0, 0.1) is 0 Å². The van der Waals surface area contributed by atoms with Crippen molar-refractivity contribution in [2.45, 2.75) is 56.8 Å². The first kappa shape index (κ1) is 34.9. The fourth-order valence-corrected chi connectivity index (χ4v) is 4.44. The summed E-state index contributed by atoms with van der Waals surface area (Å²) in [6.45, 7) is 12.0. The van der Waals surface area contributed by atoms with Crippen molar-refractivity contribution in [3.63, 3.8) is 0 Å². The molecule has 1 aliphatic rings. The molecule has 0 aromatic heterocycles. The van der Waals surface area contributed by atoms with Crippen molar-refractivity contribution >= 4 is 17.9 Å². The number of hydrogen-bond acceptors (Lipinski definition) is 10. The number of unbranched alkanes of at least 4 members (excludes halogenated alkanes) is 1. The van der Waals surface area contributed by atoms with Crippen LogP contribution in [0.15, 0.2) is 86.2 Å². The highest BCUT2D eigenvalue weighted by Crippen LogP contribution is 2.26. The van der Waals surface area contributed by atoms with Crippen LogP contribution < -0.4 is 9.47 Å². The summed E-state index contributed by atoms with van der Waals surface area (Å²) in [5, 5.41) is 0. The SMILES string of the molecule is C=CC(=C)OC(COCCCCOC(=O)C=C)COc1ccc(C(=O)OC2CCC(OC(=O)c3ccc(OC)cc3)CC2)cc1. The molecular weight excluding hydrogens is 580 g/mol. The minimum atomic E-state index is -0.445. The molecule has 0 N–H and O–H groups in total. The maximum Gasteiger partial charge on any atom is 0.338 e. The Labute approximate surface area is 264 Å². The average Bonchev–Trinajstić information content (AvgIpc) is 3.07. The van der Waals surface area contributed by atoms with E-state index >= 15 is 0 Å². The summed E-state index contributed by atoms with van der Waals surface area (Å²) in [6, 6.07) is 13.4. The van der Waals surface area contributed by atoms with Crippen LogP contribution in [0.2, 0.25) is 0 Å². The molecule has 0 heterocycles. The number of methoxy groups -OCH3 is 1. The third-order valence-electron chi connectivity index (χ3n) is 6.96. The van der Waals surface area contributed by atoms with Crippen molar-refractivity contribution in [2.75, 3.05) is 33.5 Å². The molecule has 3 rings (SSSR count). The van der Waals surface area contributed by atoms with Gasteiger partial charge < -0.3 is 33.2 Å². The van der Waals surface area contributed by atoms with E-state index in [1.165, 1.54) is 6.08 Å². The van der Waals surface area contributed by atoms with Crippen LogP contribution in [0.25, 0.3) is 0 Å². The lowest BCUT2D eigenvalue weighted by Gasteiger charge is -2.28. The van der Waals surface area contributed by atoms with Crippen LogP contribution >= 0.6 is 0 Å². The van der Waals surface area contributed by atoms with Gasteiger partial charge in [-0.1, -0.05) is 19.7 Å². The Morgan fingerprint density at radius 2 is 1.31 bits per heavy atom. The van der Waals surface area contributed by atoms with E-state index in [9.17, 15) is 14.4 Å². The van der Waals surface area contributed by atoms with Crippen molar-refractivity contribution in [1.29, 1.82) is 0 Å². The molecular formula is C35H42O10. The Bertz CT molecular complexity index is 1260. The molecule has 2 aromatic rings. The number of carbonyl (C=O) groups is 3. The normalized spacial score (nSPS) is 16.4. The molecule has 0 bridgehead atoms. The van der Waals surface area contributed by atoms with Gasteiger partial charge in [-0.15, -0.1) is 0 Å². The summed E-state index contributed by atoms with van der Waals surface area (Å²) in [4.78, 5) is 36.3. The van der Waals surface area contributed by atoms with Gasteiger partial charge in [-0.25, -0.2) is 14.4 Å². The second-order valence-corrected chi connectivity index (χ2v) is 10.3. The maximum absolute atomic E-state index is 12.8. The zero-order valence-electron chi connectivity index (χ0n) is 25.8. The Balaban J connectivity index is 1.38. The van der Waals surface area contributed by atoms with E-state index in [2.05, 4.69) is 19.7 Å². The number of allylic oxidation sites excluding steroid dienone is 1. The van der Waals surface area contributed by atoms with E-state index in [0.717, 1.165) is 6.08 Å². The highest BCUT2D eigenvalue weighted by atomic mass is 16.6. The monoisotopic (exact) mass is 622 g/mol. The summed E-state index contributed by atoms with van der Waals surface area (Å²) in [7, 11) is 1.57. The number of hydrogen-bond donors (Lipinski definition) is 0. The summed E-state index contributed by atoms with van der Waals surface area (Å²) in [6.07, 6.45) is 5.54. The molecule has 45 heavy (non-hydrogen) atoms. The zero-order valence-corrected chi connectivity index (χ0v) is 25.8. The van der Waals surface area contributed by atoms with Gasteiger partial charge in [0.1, 0.15) is 36.1 Å². The molecule has 0 radical (unpaired) electrons. The molecule has 0 spiro atoms. The van der Waals surface area contributed by atoms with Gasteiger partial charge in [-0.2, -0.15) is 0 Å². The molecule has 1 unspecified atom stereocenters. The summed E-state index contributed by atoms with van der Waals surface area (Å²) in [5.41, 5.74) is 0.873. The average molecular weight is 623 g/mol. The van der Waals surface area contributed by atoms with Crippen molar-refractivity contribution in [2.24, 2.45) is 0 Å². The minimum Gasteiger partial charge on any atom is -0.497 e. The molecule has 10 nitrogen and oxygen atoms in total. The molecule has 0 saturated heterocycles. The lowest BCUT2D eigenvalue weighted by molar-refractivity contribution is -0.137. The van der Waals surface area contributed by atoms with Crippen molar-refractivity contribution in [3.8, 4) is 11.5 Å². The molecule has 10 heteroatoms. The van der Waals surface area contributed by atoms with Crippen LogP contribution in [-0.2, 0) is 28.5 Å². The van der Waals surface area contributed by atoms with Crippen LogP contribution in [0.1, 0.15) is 59.2 Å². The van der Waals surface area contributed by atoms with Gasteiger partial charge in [0.25, 0.3) is 0 Å². The predicted molar refractivity (Wildman–Crippen MR) is 167 cm³/mol. The Morgan fingerprint density at radius 1 is 0.778 bits per heavy atom. The van der Waals surface area contributed by atoms with Crippen LogP contribution in [0.4, 0.5) is 0 Å². The maximum atomic E-state index is 12.8. The van der Waals surface area contributed by atoms with Crippen LogP contribution in [-0.4, -0.2) is 69.8 Å². The van der Waals surface area contributed by atoms with E-state index in [1.54, 1.807) is 55.6 Å². The van der Waals surface area contributed by atoms with Gasteiger partial charge in [0.2, 0.25) is 0 Å². The largest absolute Gasteiger partial charge is 0.497 e. The minimum absolute atomic E-state index is 0.180. The van der Waals surface area contributed by atoms with Crippen LogP contribution in [0.5, 0.6) is 11.5 Å². The van der Waals surface area contributed by atoms with E-state index in [-0.39, 0.29) is 31.4 Å². The topological polar surface area (TPSA) is 116 Å². The smallest absolute Gasteiger partial charge is 0.338 e.